The normalized spacial score (nSPS) is 13.4. The lowest BCUT2D eigenvalue weighted by Crippen LogP contribution is -2.29. The molecule has 0 amide bonds. The van der Waals surface area contributed by atoms with Gasteiger partial charge in [0.05, 0.1) is 4.90 Å². The molecule has 1 atom stereocenters. The monoisotopic (exact) mass is 298 g/mol. The molecule has 0 fully saturated rings. The maximum atomic E-state index is 12.4. The third-order valence-corrected chi connectivity index (χ3v) is 5.17. The highest BCUT2D eigenvalue weighted by molar-refractivity contribution is 7.89. The van der Waals surface area contributed by atoms with Gasteiger partial charge in [-0.05, 0) is 49.6 Å². The molecule has 0 heterocycles. The quantitative estimate of drug-likeness (QED) is 0.812. The van der Waals surface area contributed by atoms with E-state index in [4.69, 9.17) is 0 Å². The van der Waals surface area contributed by atoms with E-state index in [2.05, 4.69) is 17.0 Å². The summed E-state index contributed by atoms with van der Waals surface area (Å²) in [7, 11) is -1.58. The van der Waals surface area contributed by atoms with Crippen molar-refractivity contribution in [3.05, 3.63) is 28.8 Å². The van der Waals surface area contributed by atoms with E-state index < -0.39 is 10.0 Å². The maximum Gasteiger partial charge on any atom is 0.240 e. The largest absolute Gasteiger partial charge is 0.316 e. The molecule has 0 bridgehead atoms. The zero-order valence-electron chi connectivity index (χ0n) is 13.1. The van der Waals surface area contributed by atoms with Crippen LogP contribution >= 0.6 is 0 Å². The fourth-order valence-electron chi connectivity index (χ4n) is 2.02. The van der Waals surface area contributed by atoms with Crippen molar-refractivity contribution in [3.63, 3.8) is 0 Å². The minimum atomic E-state index is -3.43. The fraction of sp³-hybridized carbons (Fsp3) is 0.600. The summed E-state index contributed by atoms with van der Waals surface area (Å²) >= 11 is 0. The molecule has 0 saturated carbocycles. The Morgan fingerprint density at radius 1 is 1.20 bits per heavy atom. The van der Waals surface area contributed by atoms with Crippen LogP contribution in [0.2, 0.25) is 0 Å². The van der Waals surface area contributed by atoms with Gasteiger partial charge in [0, 0.05) is 13.1 Å². The highest BCUT2D eigenvalue weighted by atomic mass is 32.2. The number of aryl methyl sites for hydroxylation is 2. The predicted octanol–water partition coefficient (Wildman–Crippen LogP) is 2.35. The number of hydrogen-bond donors (Lipinski definition) is 2. The smallest absolute Gasteiger partial charge is 0.240 e. The molecule has 0 aliphatic carbocycles. The van der Waals surface area contributed by atoms with E-state index in [1.54, 1.807) is 6.07 Å². The third-order valence-electron chi connectivity index (χ3n) is 3.61. The molecule has 1 rings (SSSR count). The van der Waals surface area contributed by atoms with Crippen LogP contribution in [0.3, 0.4) is 0 Å². The number of rotatable bonds is 7. The van der Waals surface area contributed by atoms with Crippen LogP contribution in [0.1, 0.15) is 37.0 Å². The van der Waals surface area contributed by atoms with Gasteiger partial charge in [0.25, 0.3) is 0 Å². The molecule has 1 aromatic carbocycles. The molecule has 0 aliphatic heterocycles. The molecule has 0 radical (unpaired) electrons. The van der Waals surface area contributed by atoms with Crippen molar-refractivity contribution in [2.45, 2.75) is 45.6 Å². The molecule has 1 aromatic rings. The highest BCUT2D eigenvalue weighted by Gasteiger charge is 2.18. The first-order chi connectivity index (χ1) is 9.31. The topological polar surface area (TPSA) is 58.2 Å². The standard InChI is InChI=1S/C15H26N2O2S/c1-6-11(2)9-17-20(18,19)15-8-14(10-16-5)12(3)7-13(15)4/h7-8,11,16-17H,6,9-10H2,1-5H3. The van der Waals surface area contributed by atoms with E-state index in [1.807, 2.05) is 33.9 Å². The first-order valence-electron chi connectivity index (χ1n) is 7.06. The van der Waals surface area contributed by atoms with Gasteiger partial charge in [0.1, 0.15) is 0 Å². The van der Waals surface area contributed by atoms with Crippen LogP contribution in [-0.4, -0.2) is 22.0 Å². The van der Waals surface area contributed by atoms with Crippen molar-refractivity contribution in [1.29, 1.82) is 0 Å². The molecule has 2 N–H and O–H groups in total. The van der Waals surface area contributed by atoms with Gasteiger partial charge in [-0.25, -0.2) is 13.1 Å². The van der Waals surface area contributed by atoms with E-state index in [0.717, 1.165) is 23.1 Å². The van der Waals surface area contributed by atoms with Gasteiger partial charge in [-0.2, -0.15) is 0 Å². The lowest BCUT2D eigenvalue weighted by Gasteiger charge is -2.15. The number of benzene rings is 1. The average molecular weight is 298 g/mol. The lowest BCUT2D eigenvalue weighted by molar-refractivity contribution is 0.528. The van der Waals surface area contributed by atoms with Crippen molar-refractivity contribution in [1.82, 2.24) is 10.0 Å². The summed E-state index contributed by atoms with van der Waals surface area (Å²) in [6, 6.07) is 3.71. The minimum absolute atomic E-state index is 0.340. The van der Waals surface area contributed by atoms with E-state index in [-0.39, 0.29) is 0 Å². The summed E-state index contributed by atoms with van der Waals surface area (Å²) in [6.07, 6.45) is 0.959. The summed E-state index contributed by atoms with van der Waals surface area (Å²) in [6.45, 7) is 9.09. The van der Waals surface area contributed by atoms with Crippen LogP contribution in [0.25, 0.3) is 0 Å². The molecular weight excluding hydrogens is 272 g/mol. The second-order valence-corrected chi connectivity index (χ2v) is 7.18. The van der Waals surface area contributed by atoms with Gasteiger partial charge >= 0.3 is 0 Å². The highest BCUT2D eigenvalue weighted by Crippen LogP contribution is 2.20. The zero-order valence-corrected chi connectivity index (χ0v) is 13.9. The first kappa shape index (κ1) is 17.1. The lowest BCUT2D eigenvalue weighted by atomic mass is 10.1. The van der Waals surface area contributed by atoms with Crippen molar-refractivity contribution in [2.24, 2.45) is 5.92 Å². The fourth-order valence-corrected chi connectivity index (χ4v) is 3.46. The van der Waals surface area contributed by atoms with Crippen LogP contribution in [0, 0.1) is 19.8 Å². The molecular formula is C15H26N2O2S. The third kappa shape index (κ3) is 4.30. The molecule has 114 valence electrons. The second-order valence-electron chi connectivity index (χ2n) is 5.44. The Balaban J connectivity index is 3.08. The van der Waals surface area contributed by atoms with Gasteiger partial charge < -0.3 is 5.32 Å². The van der Waals surface area contributed by atoms with Crippen molar-refractivity contribution < 1.29 is 8.42 Å². The Kier molecular flexibility index (Phi) is 6.17. The summed E-state index contributed by atoms with van der Waals surface area (Å²) in [5.74, 6) is 0.340. The van der Waals surface area contributed by atoms with Gasteiger partial charge in [-0.15, -0.1) is 0 Å². The Labute approximate surface area is 123 Å². The minimum Gasteiger partial charge on any atom is -0.316 e. The first-order valence-corrected chi connectivity index (χ1v) is 8.54. The second kappa shape index (κ2) is 7.20. The number of nitrogens with one attached hydrogen (secondary N) is 2. The van der Waals surface area contributed by atoms with E-state index in [0.29, 0.717) is 23.9 Å². The van der Waals surface area contributed by atoms with E-state index in [9.17, 15) is 8.42 Å². The molecule has 4 nitrogen and oxygen atoms in total. The molecule has 1 unspecified atom stereocenters. The Hall–Kier alpha value is -0.910. The molecule has 0 saturated heterocycles. The van der Waals surface area contributed by atoms with E-state index in [1.165, 1.54) is 0 Å². The zero-order chi connectivity index (χ0) is 15.3. The van der Waals surface area contributed by atoms with Gasteiger partial charge in [-0.1, -0.05) is 26.3 Å². The van der Waals surface area contributed by atoms with Crippen LogP contribution in [-0.2, 0) is 16.6 Å². The molecule has 0 spiro atoms. The van der Waals surface area contributed by atoms with Crippen LogP contribution < -0.4 is 10.0 Å². The van der Waals surface area contributed by atoms with Gasteiger partial charge in [0.2, 0.25) is 10.0 Å². The Bertz CT molecular complexity index is 553. The van der Waals surface area contributed by atoms with E-state index >= 15 is 0 Å². The summed E-state index contributed by atoms with van der Waals surface area (Å²) in [4.78, 5) is 0.386. The van der Waals surface area contributed by atoms with Gasteiger partial charge in [-0.3, -0.25) is 0 Å². The number of sulfonamides is 1. The summed E-state index contributed by atoms with van der Waals surface area (Å²) in [5, 5.41) is 3.07. The van der Waals surface area contributed by atoms with Crippen molar-refractivity contribution >= 4 is 10.0 Å². The molecule has 5 heteroatoms. The van der Waals surface area contributed by atoms with Gasteiger partial charge in [0.15, 0.2) is 0 Å². The van der Waals surface area contributed by atoms with Crippen LogP contribution in [0.15, 0.2) is 17.0 Å². The molecule has 0 aliphatic rings. The van der Waals surface area contributed by atoms with Crippen LogP contribution in [0.5, 0.6) is 0 Å². The Morgan fingerprint density at radius 2 is 1.85 bits per heavy atom. The summed E-state index contributed by atoms with van der Waals surface area (Å²) in [5.41, 5.74) is 2.92. The maximum absolute atomic E-state index is 12.4. The summed E-state index contributed by atoms with van der Waals surface area (Å²) < 4.78 is 27.5. The molecule has 20 heavy (non-hydrogen) atoms. The van der Waals surface area contributed by atoms with Crippen molar-refractivity contribution in [2.75, 3.05) is 13.6 Å². The SMILES string of the molecule is CCC(C)CNS(=O)(=O)c1cc(CNC)c(C)cc1C. The van der Waals surface area contributed by atoms with Crippen LogP contribution in [0.4, 0.5) is 0 Å². The molecule has 0 aromatic heterocycles. The Morgan fingerprint density at radius 3 is 2.40 bits per heavy atom. The number of hydrogen-bond acceptors (Lipinski definition) is 3. The average Bonchev–Trinajstić information content (AvgIpc) is 2.39. The predicted molar refractivity (Wildman–Crippen MR) is 83.3 cm³/mol. The van der Waals surface area contributed by atoms with Crippen molar-refractivity contribution in [3.8, 4) is 0 Å².